The monoisotopic (exact) mass is 425 g/mol. The van der Waals surface area contributed by atoms with Gasteiger partial charge >= 0.3 is 0 Å². The predicted molar refractivity (Wildman–Crippen MR) is 117 cm³/mol. The fraction of sp³-hybridized carbons (Fsp3) is 0.478. The Morgan fingerprint density at radius 3 is 2.63 bits per heavy atom. The van der Waals surface area contributed by atoms with E-state index in [1.807, 2.05) is 23.5 Å². The van der Waals surface area contributed by atoms with Crippen LogP contribution in [0.4, 0.5) is 5.69 Å². The molecular formula is C23H27N3O3S. The van der Waals surface area contributed by atoms with E-state index in [0.29, 0.717) is 24.3 Å². The maximum atomic E-state index is 13.2. The Bertz CT molecular complexity index is 958. The van der Waals surface area contributed by atoms with Crippen LogP contribution in [-0.2, 0) is 11.3 Å². The molecule has 2 amide bonds. The van der Waals surface area contributed by atoms with Gasteiger partial charge in [0.15, 0.2) is 0 Å². The van der Waals surface area contributed by atoms with Crippen LogP contribution in [0.25, 0.3) is 0 Å². The summed E-state index contributed by atoms with van der Waals surface area (Å²) < 4.78 is 5.66. The number of ether oxygens (including phenoxy) is 1. The smallest absolute Gasteiger partial charge is 0.263 e. The lowest BCUT2D eigenvalue weighted by Gasteiger charge is -2.36. The highest BCUT2D eigenvalue weighted by molar-refractivity contribution is 7.10. The van der Waals surface area contributed by atoms with Crippen LogP contribution in [0.2, 0.25) is 0 Å². The number of imide groups is 1. The van der Waals surface area contributed by atoms with Crippen LogP contribution in [0, 0.1) is 6.92 Å². The van der Waals surface area contributed by atoms with Gasteiger partial charge in [-0.2, -0.15) is 0 Å². The number of piperazine rings is 1. The van der Waals surface area contributed by atoms with Gasteiger partial charge in [-0.15, -0.1) is 11.3 Å². The van der Waals surface area contributed by atoms with Crippen molar-refractivity contribution >= 4 is 28.8 Å². The van der Waals surface area contributed by atoms with E-state index in [1.165, 1.54) is 15.3 Å². The number of benzene rings is 1. The molecule has 1 aromatic carbocycles. The number of fused-ring (bicyclic) bond motifs is 1. The molecule has 3 aliphatic rings. The molecule has 0 radical (unpaired) electrons. The normalized spacial score (nSPS) is 22.2. The van der Waals surface area contributed by atoms with Gasteiger partial charge in [-0.3, -0.25) is 19.4 Å². The van der Waals surface area contributed by atoms with Crippen molar-refractivity contribution in [2.75, 3.05) is 44.2 Å². The zero-order chi connectivity index (χ0) is 20.7. The van der Waals surface area contributed by atoms with Gasteiger partial charge in [-0.25, -0.2) is 0 Å². The minimum absolute atomic E-state index is 0.0279. The van der Waals surface area contributed by atoms with Crippen LogP contribution in [0.15, 0.2) is 29.6 Å². The van der Waals surface area contributed by atoms with Gasteiger partial charge in [0.1, 0.15) is 0 Å². The van der Waals surface area contributed by atoms with Gasteiger partial charge in [0.2, 0.25) is 0 Å². The average Bonchev–Trinajstić information content (AvgIpc) is 3.47. The molecule has 0 saturated carbocycles. The molecule has 1 aromatic heterocycles. The first-order valence-electron chi connectivity index (χ1n) is 10.7. The third-order valence-corrected chi connectivity index (χ3v) is 7.44. The van der Waals surface area contributed by atoms with Crippen LogP contribution in [0.1, 0.15) is 44.0 Å². The summed E-state index contributed by atoms with van der Waals surface area (Å²) >= 11 is 1.82. The number of nitrogens with zero attached hydrogens (tertiary/aromatic N) is 3. The average molecular weight is 426 g/mol. The van der Waals surface area contributed by atoms with E-state index in [1.54, 1.807) is 6.07 Å². The second kappa shape index (κ2) is 8.13. The highest BCUT2D eigenvalue weighted by Crippen LogP contribution is 2.33. The Labute approximate surface area is 181 Å². The van der Waals surface area contributed by atoms with Crippen molar-refractivity contribution in [3.63, 3.8) is 0 Å². The summed E-state index contributed by atoms with van der Waals surface area (Å²) in [6.07, 6.45) is 1.88. The summed E-state index contributed by atoms with van der Waals surface area (Å²) in [6.45, 7) is 7.83. The van der Waals surface area contributed by atoms with Crippen LogP contribution in [-0.4, -0.2) is 67.0 Å². The molecule has 0 aliphatic carbocycles. The topological polar surface area (TPSA) is 53.1 Å². The first kappa shape index (κ1) is 19.7. The quantitative estimate of drug-likeness (QED) is 0.689. The first-order chi connectivity index (χ1) is 14.6. The largest absolute Gasteiger partial charge is 0.376 e. The molecule has 5 rings (SSSR count). The number of carbonyl (C=O) groups is 2. The van der Waals surface area contributed by atoms with E-state index in [4.69, 9.17) is 4.74 Å². The lowest BCUT2D eigenvalue weighted by molar-refractivity contribution is 0.0475. The van der Waals surface area contributed by atoms with Crippen LogP contribution in [0.5, 0.6) is 0 Å². The number of anilines is 1. The van der Waals surface area contributed by atoms with Crippen molar-refractivity contribution in [2.45, 2.75) is 32.4 Å². The summed E-state index contributed by atoms with van der Waals surface area (Å²) in [5.41, 5.74) is 3.36. The maximum absolute atomic E-state index is 13.2. The Morgan fingerprint density at radius 2 is 1.93 bits per heavy atom. The fourth-order valence-electron chi connectivity index (χ4n) is 4.65. The molecule has 30 heavy (non-hydrogen) atoms. The molecule has 0 N–H and O–H groups in total. The SMILES string of the molecule is Cc1ccsc1CN1CCN(c2cccc3c2C(=O)N(C[C@@H]2CCCO2)C3=O)CC1. The molecule has 4 heterocycles. The van der Waals surface area contributed by atoms with E-state index in [9.17, 15) is 9.59 Å². The van der Waals surface area contributed by atoms with Gasteiger partial charge in [-0.1, -0.05) is 6.07 Å². The van der Waals surface area contributed by atoms with E-state index in [2.05, 4.69) is 28.2 Å². The molecule has 1 atom stereocenters. The van der Waals surface area contributed by atoms with Gasteiger partial charge in [0.25, 0.3) is 11.8 Å². The number of amides is 2. The summed E-state index contributed by atoms with van der Waals surface area (Å²) in [6, 6.07) is 7.84. The number of hydrogen-bond acceptors (Lipinski definition) is 6. The van der Waals surface area contributed by atoms with E-state index >= 15 is 0 Å². The second-order valence-electron chi connectivity index (χ2n) is 8.35. The van der Waals surface area contributed by atoms with E-state index in [0.717, 1.165) is 51.3 Å². The standard InChI is InChI=1S/C23H27N3O3S/c1-16-7-13-30-20(16)15-24-8-10-25(11-9-24)19-6-2-5-18-21(19)23(28)26(22(18)27)14-17-4-3-12-29-17/h2,5-7,13,17H,3-4,8-12,14-15H2,1H3/t17-/m0/s1. The molecule has 2 saturated heterocycles. The van der Waals surface area contributed by atoms with Crippen molar-refractivity contribution in [2.24, 2.45) is 0 Å². The number of thiophene rings is 1. The predicted octanol–water partition coefficient (Wildman–Crippen LogP) is 3.15. The second-order valence-corrected chi connectivity index (χ2v) is 9.35. The van der Waals surface area contributed by atoms with E-state index in [-0.39, 0.29) is 17.9 Å². The van der Waals surface area contributed by atoms with Crippen LogP contribution >= 0.6 is 11.3 Å². The lowest BCUT2D eigenvalue weighted by Crippen LogP contribution is -2.46. The van der Waals surface area contributed by atoms with Crippen molar-refractivity contribution in [1.82, 2.24) is 9.80 Å². The van der Waals surface area contributed by atoms with Crippen LogP contribution < -0.4 is 4.90 Å². The summed E-state index contributed by atoms with van der Waals surface area (Å²) in [5.74, 6) is -0.350. The summed E-state index contributed by atoms with van der Waals surface area (Å²) in [5, 5.41) is 2.15. The Kier molecular flexibility index (Phi) is 5.35. The number of carbonyl (C=O) groups excluding carboxylic acids is 2. The number of aryl methyl sites for hydroxylation is 1. The molecule has 2 aromatic rings. The van der Waals surface area contributed by atoms with Gasteiger partial charge in [0, 0.05) is 44.2 Å². The molecule has 0 spiro atoms. The molecular weight excluding hydrogens is 398 g/mol. The minimum atomic E-state index is -0.181. The molecule has 7 heteroatoms. The molecule has 2 fully saturated rings. The number of hydrogen-bond donors (Lipinski definition) is 0. The van der Waals surface area contributed by atoms with Crippen molar-refractivity contribution in [3.8, 4) is 0 Å². The summed E-state index contributed by atoms with van der Waals surface area (Å²) in [4.78, 5) is 33.6. The zero-order valence-electron chi connectivity index (χ0n) is 17.3. The fourth-order valence-corrected chi connectivity index (χ4v) is 5.60. The highest BCUT2D eigenvalue weighted by atomic mass is 32.1. The third kappa shape index (κ3) is 3.55. The molecule has 3 aliphatic heterocycles. The van der Waals surface area contributed by atoms with Gasteiger partial charge < -0.3 is 9.64 Å². The van der Waals surface area contributed by atoms with Crippen LogP contribution in [0.3, 0.4) is 0 Å². The Balaban J connectivity index is 1.30. The van der Waals surface area contributed by atoms with Crippen molar-refractivity contribution < 1.29 is 14.3 Å². The number of rotatable bonds is 5. The minimum Gasteiger partial charge on any atom is -0.376 e. The molecule has 6 nitrogen and oxygen atoms in total. The maximum Gasteiger partial charge on any atom is 0.263 e. The Hall–Kier alpha value is -2.22. The van der Waals surface area contributed by atoms with Gasteiger partial charge in [0.05, 0.1) is 29.5 Å². The van der Waals surface area contributed by atoms with Crippen molar-refractivity contribution in [1.29, 1.82) is 0 Å². The van der Waals surface area contributed by atoms with Crippen molar-refractivity contribution in [3.05, 3.63) is 51.2 Å². The third-order valence-electron chi connectivity index (χ3n) is 6.44. The molecule has 0 bridgehead atoms. The zero-order valence-corrected chi connectivity index (χ0v) is 18.1. The Morgan fingerprint density at radius 1 is 1.10 bits per heavy atom. The molecule has 158 valence electrons. The van der Waals surface area contributed by atoms with E-state index < -0.39 is 0 Å². The molecule has 0 unspecified atom stereocenters. The highest BCUT2D eigenvalue weighted by Gasteiger charge is 2.40. The van der Waals surface area contributed by atoms with Gasteiger partial charge in [-0.05, 0) is 48.9 Å². The summed E-state index contributed by atoms with van der Waals surface area (Å²) in [7, 11) is 0. The first-order valence-corrected chi connectivity index (χ1v) is 11.6. The lowest BCUT2D eigenvalue weighted by atomic mass is 10.1.